The molecule has 0 radical (unpaired) electrons. The van der Waals surface area contributed by atoms with Crippen LogP contribution in [0.15, 0.2) is 78.9 Å². The third kappa shape index (κ3) is 5.11. The van der Waals surface area contributed by atoms with Crippen molar-refractivity contribution in [3.63, 3.8) is 0 Å². The summed E-state index contributed by atoms with van der Waals surface area (Å²) in [7, 11) is 1.25. The molecule has 1 atom stereocenters. The minimum atomic E-state index is -0.916. The summed E-state index contributed by atoms with van der Waals surface area (Å²) >= 11 is 0. The van der Waals surface area contributed by atoms with Crippen LogP contribution in [0.4, 0.5) is 0 Å². The Labute approximate surface area is 174 Å². The number of phenols is 1. The van der Waals surface area contributed by atoms with E-state index < -0.39 is 17.9 Å². The Balaban J connectivity index is 1.78. The van der Waals surface area contributed by atoms with Crippen LogP contribution >= 0.6 is 0 Å². The lowest BCUT2D eigenvalue weighted by atomic mass is 10.0. The Bertz CT molecular complexity index is 1040. The van der Waals surface area contributed by atoms with E-state index in [1.807, 2.05) is 6.07 Å². The first kappa shape index (κ1) is 20.8. The number of hydrogen-bond donors (Lipinski definition) is 2. The first-order chi connectivity index (χ1) is 14.5. The van der Waals surface area contributed by atoms with E-state index in [2.05, 4.69) is 5.32 Å². The average Bonchev–Trinajstić information content (AvgIpc) is 2.79. The van der Waals surface area contributed by atoms with Gasteiger partial charge in [-0.15, -0.1) is 0 Å². The van der Waals surface area contributed by atoms with Crippen LogP contribution in [-0.2, 0) is 16.0 Å². The van der Waals surface area contributed by atoms with Crippen LogP contribution in [0.3, 0.4) is 0 Å². The molecule has 3 rings (SSSR count). The van der Waals surface area contributed by atoms with E-state index in [1.165, 1.54) is 25.3 Å². The number of ketones is 1. The third-order valence-corrected chi connectivity index (χ3v) is 4.59. The van der Waals surface area contributed by atoms with Gasteiger partial charge in [-0.3, -0.25) is 9.59 Å². The van der Waals surface area contributed by atoms with Crippen molar-refractivity contribution in [1.29, 1.82) is 0 Å². The van der Waals surface area contributed by atoms with Crippen molar-refractivity contribution in [2.45, 2.75) is 12.5 Å². The number of carbonyl (C=O) groups is 3. The molecule has 0 saturated carbocycles. The molecule has 0 aliphatic heterocycles. The van der Waals surface area contributed by atoms with E-state index in [1.54, 1.807) is 54.6 Å². The molecular weight excluding hydrogens is 382 g/mol. The quantitative estimate of drug-likeness (QED) is 0.467. The first-order valence-electron chi connectivity index (χ1n) is 9.34. The smallest absolute Gasteiger partial charge is 0.328 e. The van der Waals surface area contributed by atoms with Crippen LogP contribution in [0, 0.1) is 0 Å². The molecule has 1 amide bonds. The lowest BCUT2D eigenvalue weighted by molar-refractivity contribution is -0.142. The number of ether oxygens (including phenoxy) is 1. The van der Waals surface area contributed by atoms with Gasteiger partial charge < -0.3 is 15.2 Å². The summed E-state index contributed by atoms with van der Waals surface area (Å²) in [5.74, 6) is -1.17. The summed E-state index contributed by atoms with van der Waals surface area (Å²) in [5.41, 5.74) is 1.91. The van der Waals surface area contributed by atoms with Crippen molar-refractivity contribution < 1.29 is 24.2 Å². The standard InChI is InChI=1S/C24H21NO5/c1-30-24(29)21(14-16-10-12-20(26)13-11-16)25-23(28)19-9-5-8-18(15-19)22(27)17-6-3-2-4-7-17/h2-13,15,21,26H,14H2,1H3,(H,25,28)/t21-/m0/s1. The Morgan fingerprint density at radius 3 is 2.17 bits per heavy atom. The van der Waals surface area contributed by atoms with Gasteiger partial charge in [-0.05, 0) is 29.8 Å². The normalized spacial score (nSPS) is 11.4. The number of hydrogen-bond acceptors (Lipinski definition) is 5. The summed E-state index contributed by atoms with van der Waals surface area (Å²) in [6.07, 6.45) is 0.196. The van der Waals surface area contributed by atoms with Crippen LogP contribution in [-0.4, -0.2) is 35.9 Å². The zero-order valence-corrected chi connectivity index (χ0v) is 16.4. The Kier molecular flexibility index (Phi) is 6.60. The van der Waals surface area contributed by atoms with Gasteiger partial charge in [-0.25, -0.2) is 4.79 Å². The third-order valence-electron chi connectivity index (χ3n) is 4.59. The van der Waals surface area contributed by atoms with Gasteiger partial charge in [0.1, 0.15) is 11.8 Å². The Morgan fingerprint density at radius 1 is 0.867 bits per heavy atom. The van der Waals surface area contributed by atoms with Gasteiger partial charge in [0, 0.05) is 23.1 Å². The highest BCUT2D eigenvalue weighted by Gasteiger charge is 2.23. The second-order valence-electron chi connectivity index (χ2n) is 6.70. The highest BCUT2D eigenvalue weighted by Crippen LogP contribution is 2.14. The molecule has 3 aromatic carbocycles. The van der Waals surface area contributed by atoms with Gasteiger partial charge in [0.15, 0.2) is 5.78 Å². The highest BCUT2D eigenvalue weighted by atomic mass is 16.5. The monoisotopic (exact) mass is 403 g/mol. The van der Waals surface area contributed by atoms with Gasteiger partial charge in [-0.1, -0.05) is 54.6 Å². The molecule has 30 heavy (non-hydrogen) atoms. The number of nitrogens with one attached hydrogen (secondary N) is 1. The van der Waals surface area contributed by atoms with Crippen molar-refractivity contribution in [3.8, 4) is 5.75 Å². The van der Waals surface area contributed by atoms with Gasteiger partial charge in [-0.2, -0.15) is 0 Å². The molecule has 152 valence electrons. The minimum Gasteiger partial charge on any atom is -0.508 e. The maximum absolute atomic E-state index is 12.8. The summed E-state index contributed by atoms with van der Waals surface area (Å²) in [6.45, 7) is 0. The summed E-state index contributed by atoms with van der Waals surface area (Å²) in [6, 6.07) is 20.5. The molecule has 0 heterocycles. The lowest BCUT2D eigenvalue weighted by Gasteiger charge is -2.17. The fourth-order valence-corrected chi connectivity index (χ4v) is 3.00. The number of esters is 1. The molecule has 0 aliphatic rings. The number of phenolic OH excluding ortho intramolecular Hbond substituents is 1. The van der Waals surface area contributed by atoms with E-state index in [9.17, 15) is 19.5 Å². The molecule has 0 aliphatic carbocycles. The first-order valence-corrected chi connectivity index (χ1v) is 9.34. The van der Waals surface area contributed by atoms with Crippen molar-refractivity contribution in [2.24, 2.45) is 0 Å². The van der Waals surface area contributed by atoms with Gasteiger partial charge in [0.05, 0.1) is 7.11 Å². The fourth-order valence-electron chi connectivity index (χ4n) is 3.00. The van der Waals surface area contributed by atoms with Crippen LogP contribution < -0.4 is 5.32 Å². The van der Waals surface area contributed by atoms with E-state index in [0.29, 0.717) is 11.1 Å². The van der Waals surface area contributed by atoms with Crippen molar-refractivity contribution in [1.82, 2.24) is 5.32 Å². The molecule has 6 nitrogen and oxygen atoms in total. The number of methoxy groups -OCH3 is 1. The molecule has 2 N–H and O–H groups in total. The number of aromatic hydroxyl groups is 1. The number of rotatable bonds is 7. The zero-order chi connectivity index (χ0) is 21.5. The predicted octanol–water partition coefficient (Wildman–Crippen LogP) is 3.14. The second kappa shape index (κ2) is 9.52. The van der Waals surface area contributed by atoms with Crippen molar-refractivity contribution >= 4 is 17.7 Å². The number of amides is 1. The predicted molar refractivity (Wildman–Crippen MR) is 111 cm³/mol. The molecule has 0 spiro atoms. The van der Waals surface area contributed by atoms with Gasteiger partial charge in [0.2, 0.25) is 0 Å². The molecule has 0 saturated heterocycles. The van der Waals surface area contributed by atoms with E-state index >= 15 is 0 Å². The Morgan fingerprint density at radius 2 is 1.50 bits per heavy atom. The molecule has 0 fully saturated rings. The van der Waals surface area contributed by atoms with Crippen molar-refractivity contribution in [2.75, 3.05) is 7.11 Å². The van der Waals surface area contributed by atoms with Gasteiger partial charge >= 0.3 is 5.97 Å². The maximum atomic E-state index is 12.8. The van der Waals surface area contributed by atoms with Crippen LogP contribution in [0.1, 0.15) is 31.8 Å². The second-order valence-corrected chi connectivity index (χ2v) is 6.70. The molecule has 3 aromatic rings. The fraction of sp³-hybridized carbons (Fsp3) is 0.125. The van der Waals surface area contributed by atoms with E-state index in [0.717, 1.165) is 5.56 Å². The maximum Gasteiger partial charge on any atom is 0.328 e. The molecule has 0 aromatic heterocycles. The van der Waals surface area contributed by atoms with E-state index in [-0.39, 0.29) is 23.5 Å². The summed E-state index contributed by atoms with van der Waals surface area (Å²) in [5, 5.41) is 12.1. The SMILES string of the molecule is COC(=O)[C@H](Cc1ccc(O)cc1)NC(=O)c1cccc(C(=O)c2ccccc2)c1. The molecular formula is C24H21NO5. The molecule has 0 unspecified atom stereocenters. The minimum absolute atomic E-state index is 0.109. The average molecular weight is 403 g/mol. The lowest BCUT2D eigenvalue weighted by Crippen LogP contribution is -2.43. The van der Waals surface area contributed by atoms with Crippen LogP contribution in [0.2, 0.25) is 0 Å². The van der Waals surface area contributed by atoms with Crippen LogP contribution in [0.5, 0.6) is 5.75 Å². The summed E-state index contributed by atoms with van der Waals surface area (Å²) < 4.78 is 4.81. The van der Waals surface area contributed by atoms with Gasteiger partial charge in [0.25, 0.3) is 5.91 Å². The highest BCUT2D eigenvalue weighted by molar-refractivity contribution is 6.10. The zero-order valence-electron chi connectivity index (χ0n) is 16.4. The van der Waals surface area contributed by atoms with E-state index in [4.69, 9.17) is 4.74 Å². The van der Waals surface area contributed by atoms with Crippen molar-refractivity contribution in [3.05, 3.63) is 101 Å². The number of benzene rings is 3. The van der Waals surface area contributed by atoms with Crippen LogP contribution in [0.25, 0.3) is 0 Å². The summed E-state index contributed by atoms with van der Waals surface area (Å²) in [4.78, 5) is 37.6. The molecule has 0 bridgehead atoms. The Hall–Kier alpha value is -3.93. The number of carbonyl (C=O) groups excluding carboxylic acids is 3. The molecule has 6 heteroatoms. The topological polar surface area (TPSA) is 92.7 Å². The largest absolute Gasteiger partial charge is 0.508 e.